The maximum Gasteiger partial charge on any atom is 0.417 e. The molecule has 1 aliphatic rings. The van der Waals surface area contributed by atoms with E-state index in [1.165, 1.54) is 0 Å². The SMILES string of the molecule is COC1(C(F)(F)F)CCCC(C(N)=O)C1. The lowest BCUT2D eigenvalue weighted by atomic mass is 9.77. The van der Waals surface area contributed by atoms with Crippen molar-refractivity contribution in [3.05, 3.63) is 0 Å². The number of hydrogen-bond donors (Lipinski definition) is 1. The molecule has 0 radical (unpaired) electrons. The number of ether oxygens (including phenoxy) is 1. The molecule has 0 spiro atoms. The Balaban J connectivity index is 2.87. The van der Waals surface area contributed by atoms with E-state index < -0.39 is 23.6 Å². The zero-order chi connectivity index (χ0) is 11.7. The summed E-state index contributed by atoms with van der Waals surface area (Å²) in [6.45, 7) is 0. The number of methoxy groups -OCH3 is 1. The number of hydrogen-bond acceptors (Lipinski definition) is 2. The van der Waals surface area contributed by atoms with Crippen molar-refractivity contribution >= 4 is 5.91 Å². The van der Waals surface area contributed by atoms with Crippen LogP contribution in [0.2, 0.25) is 0 Å². The largest absolute Gasteiger partial charge is 0.417 e. The number of nitrogens with two attached hydrogens (primary N) is 1. The van der Waals surface area contributed by atoms with Gasteiger partial charge in [-0.05, 0) is 25.7 Å². The number of alkyl halides is 3. The molecule has 2 atom stereocenters. The second kappa shape index (κ2) is 4.00. The standard InChI is InChI=1S/C9H14F3NO2/c1-15-8(9(10,11)12)4-2-3-6(5-8)7(13)14/h6H,2-5H2,1H3,(H2,13,14). The Morgan fingerprint density at radius 2 is 2.13 bits per heavy atom. The molecular formula is C9H14F3NO2. The molecule has 15 heavy (non-hydrogen) atoms. The van der Waals surface area contributed by atoms with Gasteiger partial charge in [0.15, 0.2) is 5.60 Å². The normalized spacial score (nSPS) is 32.7. The zero-order valence-electron chi connectivity index (χ0n) is 8.43. The third-order valence-electron chi connectivity index (χ3n) is 3.02. The second-order valence-corrected chi connectivity index (χ2v) is 3.89. The van der Waals surface area contributed by atoms with Gasteiger partial charge in [0.2, 0.25) is 5.91 Å². The van der Waals surface area contributed by atoms with Crippen molar-refractivity contribution in [3.8, 4) is 0 Å². The first-order valence-electron chi connectivity index (χ1n) is 4.73. The first-order valence-corrected chi connectivity index (χ1v) is 4.73. The molecule has 0 aliphatic heterocycles. The van der Waals surface area contributed by atoms with Crippen molar-refractivity contribution in [1.29, 1.82) is 0 Å². The third kappa shape index (κ3) is 2.25. The molecule has 0 bridgehead atoms. The zero-order valence-corrected chi connectivity index (χ0v) is 8.43. The van der Waals surface area contributed by atoms with Gasteiger partial charge in [-0.3, -0.25) is 4.79 Å². The predicted molar refractivity (Wildman–Crippen MR) is 46.9 cm³/mol. The molecule has 0 saturated heterocycles. The van der Waals surface area contributed by atoms with Crippen LogP contribution in [0.5, 0.6) is 0 Å². The van der Waals surface area contributed by atoms with Gasteiger partial charge in [-0.25, -0.2) is 0 Å². The number of primary amides is 1. The van der Waals surface area contributed by atoms with Gasteiger partial charge in [-0.1, -0.05) is 0 Å². The first kappa shape index (κ1) is 12.3. The van der Waals surface area contributed by atoms with Crippen molar-refractivity contribution in [2.75, 3.05) is 7.11 Å². The molecule has 0 aromatic rings. The van der Waals surface area contributed by atoms with E-state index in [9.17, 15) is 18.0 Å². The summed E-state index contributed by atoms with van der Waals surface area (Å²) in [7, 11) is 1.02. The highest BCUT2D eigenvalue weighted by atomic mass is 19.4. The number of carbonyl (C=O) groups excluding carboxylic acids is 1. The molecule has 1 amide bonds. The Morgan fingerprint density at radius 1 is 1.53 bits per heavy atom. The molecule has 0 heterocycles. The van der Waals surface area contributed by atoms with E-state index in [0.29, 0.717) is 12.8 Å². The molecule has 3 nitrogen and oxygen atoms in total. The summed E-state index contributed by atoms with van der Waals surface area (Å²) in [6.07, 6.45) is -4.19. The van der Waals surface area contributed by atoms with E-state index in [-0.39, 0.29) is 12.8 Å². The van der Waals surface area contributed by atoms with Crippen molar-refractivity contribution in [1.82, 2.24) is 0 Å². The van der Waals surface area contributed by atoms with Gasteiger partial charge < -0.3 is 10.5 Å². The third-order valence-corrected chi connectivity index (χ3v) is 3.02. The van der Waals surface area contributed by atoms with Crippen LogP contribution in [0, 0.1) is 5.92 Å². The van der Waals surface area contributed by atoms with Crippen LogP contribution in [-0.4, -0.2) is 24.8 Å². The summed E-state index contributed by atoms with van der Waals surface area (Å²) < 4.78 is 42.9. The van der Waals surface area contributed by atoms with Crippen molar-refractivity contribution in [3.63, 3.8) is 0 Å². The Bertz CT molecular complexity index is 254. The van der Waals surface area contributed by atoms with E-state index in [1.807, 2.05) is 0 Å². The van der Waals surface area contributed by atoms with E-state index in [0.717, 1.165) is 7.11 Å². The Hall–Kier alpha value is -0.780. The molecule has 1 fully saturated rings. The summed E-state index contributed by atoms with van der Waals surface area (Å²) in [5, 5.41) is 0. The van der Waals surface area contributed by atoms with Gasteiger partial charge in [-0.15, -0.1) is 0 Å². The lowest BCUT2D eigenvalue weighted by molar-refractivity contribution is -0.282. The van der Waals surface area contributed by atoms with Gasteiger partial charge in [-0.2, -0.15) is 13.2 Å². The molecule has 0 aromatic carbocycles. The Labute approximate surface area is 85.8 Å². The van der Waals surface area contributed by atoms with Crippen LogP contribution in [0.3, 0.4) is 0 Å². The highest BCUT2D eigenvalue weighted by molar-refractivity contribution is 5.76. The fraction of sp³-hybridized carbons (Fsp3) is 0.889. The number of carbonyl (C=O) groups is 1. The summed E-state index contributed by atoms with van der Waals surface area (Å²) in [5.41, 5.74) is 2.83. The van der Waals surface area contributed by atoms with Crippen LogP contribution in [-0.2, 0) is 9.53 Å². The minimum Gasteiger partial charge on any atom is -0.369 e. The highest BCUT2D eigenvalue weighted by Gasteiger charge is 2.57. The van der Waals surface area contributed by atoms with Gasteiger partial charge in [0.25, 0.3) is 0 Å². The lowest BCUT2D eigenvalue weighted by Crippen LogP contribution is -2.51. The number of amides is 1. The van der Waals surface area contributed by atoms with Crippen LogP contribution < -0.4 is 5.73 Å². The van der Waals surface area contributed by atoms with E-state index in [4.69, 9.17) is 5.73 Å². The Morgan fingerprint density at radius 3 is 2.53 bits per heavy atom. The molecule has 6 heteroatoms. The topological polar surface area (TPSA) is 52.3 Å². The maximum atomic E-state index is 12.8. The van der Waals surface area contributed by atoms with Crippen LogP contribution >= 0.6 is 0 Å². The summed E-state index contributed by atoms with van der Waals surface area (Å²) in [5.74, 6) is -1.42. The van der Waals surface area contributed by atoms with Gasteiger partial charge >= 0.3 is 6.18 Å². The van der Waals surface area contributed by atoms with E-state index >= 15 is 0 Å². The quantitative estimate of drug-likeness (QED) is 0.776. The summed E-state index contributed by atoms with van der Waals surface area (Å²) in [4.78, 5) is 10.9. The van der Waals surface area contributed by atoms with Crippen molar-refractivity contribution in [2.45, 2.75) is 37.5 Å². The minimum absolute atomic E-state index is 0.100. The first-order chi connectivity index (χ1) is 6.82. The highest BCUT2D eigenvalue weighted by Crippen LogP contribution is 2.45. The maximum absolute atomic E-state index is 12.8. The summed E-state index contributed by atoms with van der Waals surface area (Å²) in [6, 6.07) is 0. The smallest absolute Gasteiger partial charge is 0.369 e. The number of rotatable bonds is 2. The van der Waals surface area contributed by atoms with Gasteiger partial charge in [0.1, 0.15) is 0 Å². The lowest BCUT2D eigenvalue weighted by Gasteiger charge is -2.39. The average molecular weight is 225 g/mol. The van der Waals surface area contributed by atoms with Gasteiger partial charge in [0.05, 0.1) is 0 Å². The van der Waals surface area contributed by atoms with Crippen LogP contribution in [0.4, 0.5) is 13.2 Å². The monoisotopic (exact) mass is 225 g/mol. The molecular weight excluding hydrogens is 211 g/mol. The van der Waals surface area contributed by atoms with Crippen LogP contribution in [0.15, 0.2) is 0 Å². The average Bonchev–Trinajstić information content (AvgIpc) is 2.16. The fourth-order valence-electron chi connectivity index (χ4n) is 2.04. The molecule has 1 rings (SSSR count). The van der Waals surface area contributed by atoms with Crippen molar-refractivity contribution < 1.29 is 22.7 Å². The molecule has 88 valence electrons. The molecule has 0 aromatic heterocycles. The van der Waals surface area contributed by atoms with Crippen molar-refractivity contribution in [2.24, 2.45) is 11.7 Å². The predicted octanol–water partition coefficient (Wildman–Crippen LogP) is 1.61. The van der Waals surface area contributed by atoms with Crippen LogP contribution in [0.1, 0.15) is 25.7 Å². The number of halogens is 3. The molecule has 1 saturated carbocycles. The minimum atomic E-state index is -4.45. The van der Waals surface area contributed by atoms with Gasteiger partial charge in [0, 0.05) is 13.0 Å². The fourth-order valence-corrected chi connectivity index (χ4v) is 2.04. The molecule has 1 aliphatic carbocycles. The summed E-state index contributed by atoms with van der Waals surface area (Å²) >= 11 is 0. The van der Waals surface area contributed by atoms with E-state index in [2.05, 4.69) is 4.74 Å². The van der Waals surface area contributed by atoms with Crippen LogP contribution in [0.25, 0.3) is 0 Å². The molecule has 2 N–H and O–H groups in total. The van der Waals surface area contributed by atoms with E-state index in [1.54, 1.807) is 0 Å². The second-order valence-electron chi connectivity index (χ2n) is 3.89. The molecule has 2 unspecified atom stereocenters. The Kier molecular flexibility index (Phi) is 3.28.